The Hall–Kier alpha value is -3.78. The maximum atomic E-state index is 13.3. The molecule has 8 heteroatoms. The van der Waals surface area contributed by atoms with Crippen molar-refractivity contribution in [3.8, 4) is 5.75 Å². The van der Waals surface area contributed by atoms with Gasteiger partial charge >= 0.3 is 0 Å². The van der Waals surface area contributed by atoms with Gasteiger partial charge in [-0.15, -0.1) is 0 Å². The highest BCUT2D eigenvalue weighted by Gasteiger charge is 2.16. The number of anilines is 1. The number of hydrogen-bond donors (Lipinski definition) is 1. The van der Waals surface area contributed by atoms with Crippen LogP contribution in [0.5, 0.6) is 5.75 Å². The number of aryl methyl sites for hydroxylation is 1. The molecule has 1 N–H and O–H groups in total. The maximum absolute atomic E-state index is 13.3. The summed E-state index contributed by atoms with van der Waals surface area (Å²) < 4.78 is 7.95. The van der Waals surface area contributed by atoms with Gasteiger partial charge in [0.25, 0.3) is 11.5 Å². The molecule has 36 heavy (non-hydrogen) atoms. The van der Waals surface area contributed by atoms with E-state index < -0.39 is 0 Å². The van der Waals surface area contributed by atoms with E-state index >= 15 is 0 Å². The van der Waals surface area contributed by atoms with Crippen molar-refractivity contribution in [1.82, 2.24) is 9.66 Å². The molecule has 1 atom stereocenters. The lowest BCUT2D eigenvalue weighted by Crippen LogP contribution is -2.24. The van der Waals surface area contributed by atoms with Crippen LogP contribution in [-0.4, -0.2) is 28.4 Å². The van der Waals surface area contributed by atoms with Crippen molar-refractivity contribution in [2.75, 3.05) is 11.9 Å². The Morgan fingerprint density at radius 1 is 1.17 bits per heavy atom. The Morgan fingerprint density at radius 3 is 2.69 bits per heavy atom. The van der Waals surface area contributed by atoms with Crippen LogP contribution in [-0.2, 0) is 4.79 Å². The van der Waals surface area contributed by atoms with Crippen LogP contribution in [0.3, 0.4) is 0 Å². The average molecular weight is 547 g/mol. The molecule has 4 rings (SSSR count). The van der Waals surface area contributed by atoms with E-state index in [2.05, 4.69) is 26.3 Å². The van der Waals surface area contributed by atoms with E-state index in [9.17, 15) is 9.59 Å². The van der Waals surface area contributed by atoms with Gasteiger partial charge in [-0.25, -0.2) is 4.98 Å². The SMILES string of the molecule is CC[C@@H](C)c1nc2ccc(Br)cc2c(=O)n1N=Cc1ccccc1OCC(=O)Nc1ccccc1C. The van der Waals surface area contributed by atoms with Gasteiger partial charge in [0.2, 0.25) is 0 Å². The molecule has 0 fully saturated rings. The fourth-order valence-electron chi connectivity index (χ4n) is 3.66. The van der Waals surface area contributed by atoms with Gasteiger partial charge in [0.1, 0.15) is 11.6 Å². The zero-order valence-electron chi connectivity index (χ0n) is 20.4. The topological polar surface area (TPSA) is 85.6 Å². The van der Waals surface area contributed by atoms with Gasteiger partial charge in [0, 0.05) is 21.6 Å². The number of rotatable bonds is 8. The smallest absolute Gasteiger partial charge is 0.282 e. The van der Waals surface area contributed by atoms with E-state index in [0.29, 0.717) is 28.0 Å². The monoisotopic (exact) mass is 546 g/mol. The normalized spacial score (nSPS) is 12.1. The number of para-hydroxylation sites is 2. The second-order valence-corrected chi connectivity index (χ2v) is 9.41. The van der Waals surface area contributed by atoms with Gasteiger partial charge < -0.3 is 10.1 Å². The second-order valence-electron chi connectivity index (χ2n) is 8.49. The van der Waals surface area contributed by atoms with E-state index in [1.165, 1.54) is 4.68 Å². The predicted molar refractivity (Wildman–Crippen MR) is 147 cm³/mol. The number of ether oxygens (including phenoxy) is 1. The summed E-state index contributed by atoms with van der Waals surface area (Å²) >= 11 is 3.43. The molecule has 1 heterocycles. The molecule has 0 unspecified atom stereocenters. The highest BCUT2D eigenvalue weighted by atomic mass is 79.9. The maximum Gasteiger partial charge on any atom is 0.282 e. The average Bonchev–Trinajstić information content (AvgIpc) is 2.88. The number of fused-ring (bicyclic) bond motifs is 1. The van der Waals surface area contributed by atoms with Gasteiger partial charge in [0.15, 0.2) is 6.61 Å². The van der Waals surface area contributed by atoms with Crippen LogP contribution in [0.1, 0.15) is 43.1 Å². The molecule has 0 radical (unpaired) electrons. The Balaban J connectivity index is 1.61. The van der Waals surface area contributed by atoms with Crippen LogP contribution in [0, 0.1) is 6.92 Å². The summed E-state index contributed by atoms with van der Waals surface area (Å²) in [6.45, 7) is 5.82. The minimum absolute atomic E-state index is 0.0273. The molecule has 1 amide bonds. The van der Waals surface area contributed by atoms with Gasteiger partial charge in [0.05, 0.1) is 17.1 Å². The Kier molecular flexibility index (Phi) is 7.95. The minimum atomic E-state index is -0.268. The van der Waals surface area contributed by atoms with E-state index in [0.717, 1.165) is 22.1 Å². The number of aromatic nitrogens is 2. The number of carbonyl (C=O) groups excluding carboxylic acids is 1. The van der Waals surface area contributed by atoms with Crippen molar-refractivity contribution in [3.05, 3.63) is 98.5 Å². The van der Waals surface area contributed by atoms with Crippen LogP contribution < -0.4 is 15.6 Å². The molecule has 0 aliphatic rings. The van der Waals surface area contributed by atoms with Crippen molar-refractivity contribution in [2.45, 2.75) is 33.1 Å². The van der Waals surface area contributed by atoms with Crippen LogP contribution in [0.4, 0.5) is 5.69 Å². The van der Waals surface area contributed by atoms with Crippen molar-refractivity contribution in [2.24, 2.45) is 5.10 Å². The van der Waals surface area contributed by atoms with Gasteiger partial charge in [-0.1, -0.05) is 60.1 Å². The molecule has 3 aromatic carbocycles. The lowest BCUT2D eigenvalue weighted by molar-refractivity contribution is -0.118. The molecule has 0 saturated heterocycles. The van der Waals surface area contributed by atoms with Crippen LogP contribution >= 0.6 is 15.9 Å². The van der Waals surface area contributed by atoms with E-state index in [1.807, 2.05) is 75.4 Å². The highest BCUT2D eigenvalue weighted by molar-refractivity contribution is 9.10. The van der Waals surface area contributed by atoms with Crippen molar-refractivity contribution >= 4 is 44.6 Å². The largest absolute Gasteiger partial charge is 0.483 e. The van der Waals surface area contributed by atoms with E-state index in [1.54, 1.807) is 18.3 Å². The first kappa shape index (κ1) is 25.3. The van der Waals surface area contributed by atoms with Gasteiger partial charge in [-0.2, -0.15) is 9.78 Å². The molecule has 7 nitrogen and oxygen atoms in total. The third-order valence-electron chi connectivity index (χ3n) is 5.90. The van der Waals surface area contributed by atoms with Crippen LogP contribution in [0.15, 0.2) is 81.1 Å². The molecule has 0 bridgehead atoms. The molecule has 0 spiro atoms. The number of amides is 1. The highest BCUT2D eigenvalue weighted by Crippen LogP contribution is 2.22. The lowest BCUT2D eigenvalue weighted by Gasteiger charge is -2.14. The molecule has 0 aliphatic carbocycles. The number of nitrogens with zero attached hydrogens (tertiary/aromatic N) is 3. The minimum Gasteiger partial charge on any atom is -0.483 e. The number of carbonyl (C=O) groups is 1. The van der Waals surface area contributed by atoms with Crippen molar-refractivity contribution < 1.29 is 9.53 Å². The Bertz CT molecular complexity index is 1500. The third kappa shape index (κ3) is 5.71. The van der Waals surface area contributed by atoms with Crippen LogP contribution in [0.25, 0.3) is 10.9 Å². The summed E-state index contributed by atoms with van der Waals surface area (Å²) in [5.41, 5.74) is 2.74. The summed E-state index contributed by atoms with van der Waals surface area (Å²) in [6.07, 6.45) is 2.37. The molecule has 0 saturated carbocycles. The molecule has 184 valence electrons. The number of benzene rings is 3. The van der Waals surface area contributed by atoms with E-state index in [-0.39, 0.29) is 24.0 Å². The predicted octanol–water partition coefficient (Wildman–Crippen LogP) is 5.88. The Morgan fingerprint density at radius 2 is 1.92 bits per heavy atom. The number of halogens is 1. The second kappa shape index (κ2) is 11.3. The quantitative estimate of drug-likeness (QED) is 0.279. The summed E-state index contributed by atoms with van der Waals surface area (Å²) in [6, 6.07) is 20.2. The molecular formula is C28H27BrN4O3. The number of hydrogen-bond acceptors (Lipinski definition) is 5. The fraction of sp³-hybridized carbons (Fsp3) is 0.214. The summed E-state index contributed by atoms with van der Waals surface area (Å²) in [5.74, 6) is 0.829. The first-order chi connectivity index (χ1) is 17.4. The zero-order valence-corrected chi connectivity index (χ0v) is 22.0. The molecule has 0 aliphatic heterocycles. The lowest BCUT2D eigenvalue weighted by atomic mass is 10.1. The molecule has 1 aromatic heterocycles. The molecular weight excluding hydrogens is 520 g/mol. The first-order valence-electron chi connectivity index (χ1n) is 11.7. The fourth-order valence-corrected chi connectivity index (χ4v) is 4.02. The van der Waals surface area contributed by atoms with E-state index in [4.69, 9.17) is 9.72 Å². The summed E-state index contributed by atoms with van der Waals surface area (Å²) in [4.78, 5) is 30.5. The molecule has 4 aromatic rings. The first-order valence-corrected chi connectivity index (χ1v) is 12.5. The Labute approximate surface area is 218 Å². The van der Waals surface area contributed by atoms with Gasteiger partial charge in [-0.3, -0.25) is 9.59 Å². The van der Waals surface area contributed by atoms with Crippen LogP contribution in [0.2, 0.25) is 0 Å². The van der Waals surface area contributed by atoms with Crippen molar-refractivity contribution in [3.63, 3.8) is 0 Å². The summed E-state index contributed by atoms with van der Waals surface area (Å²) in [5, 5.41) is 7.85. The standard InChI is InChI=1S/C28H27BrN4O3/c1-4-18(2)27-32-24-14-13-21(29)15-22(24)28(35)33(27)30-16-20-10-6-8-12-25(20)36-17-26(34)31-23-11-7-5-9-19(23)3/h5-16,18H,4,17H2,1-3H3,(H,31,34)/t18-/m1/s1. The van der Waals surface area contributed by atoms with Gasteiger partial charge in [-0.05, 0) is 55.3 Å². The third-order valence-corrected chi connectivity index (χ3v) is 6.39. The number of nitrogens with one attached hydrogen (secondary N) is 1. The summed E-state index contributed by atoms with van der Waals surface area (Å²) in [7, 11) is 0. The van der Waals surface area contributed by atoms with Crippen molar-refractivity contribution in [1.29, 1.82) is 0 Å². The zero-order chi connectivity index (χ0) is 25.7.